The number of aromatic hydroxyl groups is 1. The van der Waals surface area contributed by atoms with E-state index in [0.717, 1.165) is 11.1 Å². The molecule has 1 aliphatic heterocycles. The summed E-state index contributed by atoms with van der Waals surface area (Å²) in [6.07, 6.45) is 5.12. The number of hydrogen-bond acceptors (Lipinski definition) is 6. The van der Waals surface area contributed by atoms with Crippen LogP contribution in [0.15, 0.2) is 41.5 Å². The molecule has 0 radical (unpaired) electrons. The maximum absolute atomic E-state index is 13.0. The van der Waals surface area contributed by atoms with Crippen molar-refractivity contribution in [2.24, 2.45) is 11.8 Å². The van der Waals surface area contributed by atoms with E-state index in [0.29, 0.717) is 25.0 Å². The number of methoxy groups -OCH3 is 1. The molecule has 1 aliphatic rings. The first kappa shape index (κ1) is 24.4. The third-order valence-corrected chi connectivity index (χ3v) is 5.84. The summed E-state index contributed by atoms with van der Waals surface area (Å²) in [5.74, 6) is -2.12. The molecule has 2 rings (SSSR count). The number of rotatable bonds is 9. The van der Waals surface area contributed by atoms with E-state index in [9.17, 15) is 19.5 Å². The van der Waals surface area contributed by atoms with Crippen molar-refractivity contribution in [1.82, 2.24) is 0 Å². The minimum atomic E-state index is -0.978. The van der Waals surface area contributed by atoms with Crippen LogP contribution in [0.4, 0.5) is 0 Å². The van der Waals surface area contributed by atoms with Gasteiger partial charge in [0, 0.05) is 18.4 Å². The number of allylic oxidation sites excluding steroid dienone is 4. The monoisotopic (exact) mass is 428 g/mol. The second-order valence-electron chi connectivity index (χ2n) is 8.70. The Labute approximate surface area is 183 Å². The van der Waals surface area contributed by atoms with Gasteiger partial charge in [0.2, 0.25) is 0 Å². The van der Waals surface area contributed by atoms with Gasteiger partial charge in [-0.25, -0.2) is 0 Å². The lowest BCUT2D eigenvalue weighted by molar-refractivity contribution is -0.149. The first-order valence-electron chi connectivity index (χ1n) is 10.5. The Bertz CT molecular complexity index is 922. The summed E-state index contributed by atoms with van der Waals surface area (Å²) in [4.78, 5) is 37.5. The molecule has 6 heteroatoms. The molecule has 1 aromatic carbocycles. The number of Topliss-reactive ketones (excluding diaryl/α,β-unsaturated/α-hetero) is 1. The average Bonchev–Trinajstić information content (AvgIpc) is 2.88. The molecule has 3 unspecified atom stereocenters. The normalized spacial score (nSPS) is 23.3. The van der Waals surface area contributed by atoms with Crippen molar-refractivity contribution in [3.8, 4) is 11.5 Å². The van der Waals surface area contributed by atoms with Crippen LogP contribution in [-0.4, -0.2) is 35.4 Å². The Kier molecular flexibility index (Phi) is 7.82. The number of ketones is 2. The van der Waals surface area contributed by atoms with Crippen molar-refractivity contribution in [2.45, 2.75) is 59.5 Å². The van der Waals surface area contributed by atoms with E-state index in [1.165, 1.54) is 19.2 Å². The zero-order valence-corrected chi connectivity index (χ0v) is 19.2. The Morgan fingerprint density at radius 3 is 2.52 bits per heavy atom. The predicted molar refractivity (Wildman–Crippen MR) is 118 cm³/mol. The van der Waals surface area contributed by atoms with E-state index in [1.54, 1.807) is 12.1 Å². The van der Waals surface area contributed by atoms with Crippen LogP contribution in [0.2, 0.25) is 0 Å². The van der Waals surface area contributed by atoms with Crippen LogP contribution in [0, 0.1) is 11.8 Å². The molecule has 1 aromatic rings. The van der Waals surface area contributed by atoms with Gasteiger partial charge in [-0.2, -0.15) is 0 Å². The summed E-state index contributed by atoms with van der Waals surface area (Å²) in [7, 11) is 1.46. The lowest BCUT2D eigenvalue weighted by atomic mass is 9.77. The van der Waals surface area contributed by atoms with Crippen LogP contribution in [0.3, 0.4) is 0 Å². The van der Waals surface area contributed by atoms with Crippen LogP contribution in [0.25, 0.3) is 0 Å². The Morgan fingerprint density at radius 2 is 1.94 bits per heavy atom. The predicted octanol–water partition coefficient (Wildman–Crippen LogP) is 4.80. The number of carbonyl (C=O) groups is 3. The minimum Gasteiger partial charge on any atom is -0.507 e. The highest BCUT2D eigenvalue weighted by molar-refractivity contribution is 6.11. The molecule has 6 nitrogen and oxygen atoms in total. The lowest BCUT2D eigenvalue weighted by Gasteiger charge is -2.28. The van der Waals surface area contributed by atoms with E-state index in [1.807, 2.05) is 40.7 Å². The van der Waals surface area contributed by atoms with E-state index >= 15 is 0 Å². The minimum absolute atomic E-state index is 0.0607. The Morgan fingerprint density at radius 1 is 1.26 bits per heavy atom. The van der Waals surface area contributed by atoms with Gasteiger partial charge in [-0.15, -0.1) is 0 Å². The van der Waals surface area contributed by atoms with E-state index in [2.05, 4.69) is 0 Å². The molecule has 1 heterocycles. The van der Waals surface area contributed by atoms with Gasteiger partial charge >= 0.3 is 5.97 Å². The fourth-order valence-electron chi connectivity index (χ4n) is 3.90. The van der Waals surface area contributed by atoms with Crippen molar-refractivity contribution in [1.29, 1.82) is 0 Å². The summed E-state index contributed by atoms with van der Waals surface area (Å²) in [5, 5.41) is 10.2. The standard InChI is InChI=1S/C25H32O6/c1-15(2)12-18(26)13-16(3)8-7-11-25(5)17(4)22(24(29)31-25)23(28)20-10-9-19(30-6)14-21(20)27/h8-10,12,14,17,22,27H,7,11,13H2,1-6H3. The maximum atomic E-state index is 13.0. The van der Waals surface area contributed by atoms with Gasteiger partial charge in [0.05, 0.1) is 12.7 Å². The molecule has 0 saturated carbocycles. The summed E-state index contributed by atoms with van der Waals surface area (Å²) < 4.78 is 10.7. The van der Waals surface area contributed by atoms with Crippen molar-refractivity contribution in [2.75, 3.05) is 7.11 Å². The second kappa shape index (κ2) is 9.94. The number of hydrogen-bond donors (Lipinski definition) is 1. The number of benzene rings is 1. The van der Waals surface area contributed by atoms with Crippen LogP contribution >= 0.6 is 0 Å². The van der Waals surface area contributed by atoms with Crippen molar-refractivity contribution in [3.63, 3.8) is 0 Å². The molecule has 1 fully saturated rings. The number of esters is 1. The maximum Gasteiger partial charge on any atom is 0.317 e. The Balaban J connectivity index is 2.08. The third kappa shape index (κ3) is 5.84. The number of cyclic esters (lactones) is 1. The summed E-state index contributed by atoms with van der Waals surface area (Å²) in [6.45, 7) is 9.33. The number of ether oxygens (including phenoxy) is 2. The Hall–Kier alpha value is -2.89. The summed E-state index contributed by atoms with van der Waals surface area (Å²) >= 11 is 0. The zero-order chi connectivity index (χ0) is 23.3. The highest BCUT2D eigenvalue weighted by Crippen LogP contribution is 2.42. The van der Waals surface area contributed by atoms with E-state index in [-0.39, 0.29) is 23.0 Å². The van der Waals surface area contributed by atoms with Gasteiger partial charge in [-0.1, -0.05) is 24.1 Å². The smallest absolute Gasteiger partial charge is 0.317 e. The van der Waals surface area contributed by atoms with Gasteiger partial charge in [0.15, 0.2) is 11.6 Å². The molecule has 168 valence electrons. The fraction of sp³-hybridized carbons (Fsp3) is 0.480. The number of phenolic OH excluding ortho intramolecular Hbond substituents is 1. The van der Waals surface area contributed by atoms with Gasteiger partial charge < -0.3 is 14.6 Å². The topological polar surface area (TPSA) is 89.9 Å². The first-order chi connectivity index (χ1) is 14.5. The highest BCUT2D eigenvalue weighted by Gasteiger charge is 2.53. The molecule has 1 N–H and O–H groups in total. The van der Waals surface area contributed by atoms with Crippen LogP contribution in [-0.2, 0) is 14.3 Å². The van der Waals surface area contributed by atoms with Crippen LogP contribution in [0.5, 0.6) is 11.5 Å². The van der Waals surface area contributed by atoms with Gasteiger partial charge in [-0.3, -0.25) is 14.4 Å². The molecule has 1 saturated heterocycles. The molecule has 31 heavy (non-hydrogen) atoms. The SMILES string of the molecule is COc1ccc(C(=O)C2C(=O)OC(C)(CCC=C(C)CC(=O)C=C(C)C)C2C)c(O)c1. The molecular weight excluding hydrogens is 396 g/mol. The molecule has 0 aliphatic carbocycles. The zero-order valence-electron chi connectivity index (χ0n) is 19.2. The van der Waals surface area contributed by atoms with Crippen molar-refractivity contribution in [3.05, 3.63) is 47.1 Å². The molecule has 0 aromatic heterocycles. The van der Waals surface area contributed by atoms with Gasteiger partial charge in [-0.05, 0) is 58.7 Å². The fourth-order valence-corrected chi connectivity index (χ4v) is 3.90. The number of phenols is 1. The van der Waals surface area contributed by atoms with E-state index in [4.69, 9.17) is 9.47 Å². The summed E-state index contributed by atoms with van der Waals surface area (Å²) in [6, 6.07) is 4.38. The molecule has 0 bridgehead atoms. The highest BCUT2D eigenvalue weighted by atomic mass is 16.6. The molecule has 0 amide bonds. The van der Waals surface area contributed by atoms with Crippen molar-refractivity contribution < 1.29 is 29.0 Å². The lowest BCUT2D eigenvalue weighted by Crippen LogP contribution is -2.33. The van der Waals surface area contributed by atoms with Gasteiger partial charge in [0.25, 0.3) is 0 Å². The first-order valence-corrected chi connectivity index (χ1v) is 10.5. The quantitative estimate of drug-likeness (QED) is 0.200. The van der Waals surface area contributed by atoms with Crippen LogP contribution < -0.4 is 4.74 Å². The van der Waals surface area contributed by atoms with Crippen LogP contribution in [0.1, 0.15) is 64.2 Å². The summed E-state index contributed by atoms with van der Waals surface area (Å²) in [5.41, 5.74) is 1.20. The molecule has 0 spiro atoms. The van der Waals surface area contributed by atoms with E-state index < -0.39 is 23.3 Å². The number of carbonyl (C=O) groups excluding carboxylic acids is 3. The largest absolute Gasteiger partial charge is 0.507 e. The van der Waals surface area contributed by atoms with Crippen molar-refractivity contribution >= 4 is 17.5 Å². The molecule has 3 atom stereocenters. The second-order valence-corrected chi connectivity index (χ2v) is 8.70. The van der Waals surface area contributed by atoms with Gasteiger partial charge in [0.1, 0.15) is 23.0 Å². The third-order valence-electron chi connectivity index (χ3n) is 5.84. The average molecular weight is 429 g/mol. The molecular formula is C25H32O6.